The second-order valence-electron chi connectivity index (χ2n) is 17.3. The lowest BCUT2D eigenvalue weighted by Crippen LogP contribution is -2.60. The smallest absolute Gasteiger partial charge is 0.245 e. The number of ether oxygens (including phenoxy) is 2. The number of unbranched alkanes of at least 4 members (excludes halogenated alkanes) is 2. The van der Waals surface area contributed by atoms with Gasteiger partial charge in [-0.05, 0) is 62.5 Å². The Bertz CT molecular complexity index is 1460. The molecule has 1 fully saturated rings. The number of hydrogen-bond acceptors (Lipinski definition) is 9. The monoisotopic (exact) mass is 831 g/mol. The van der Waals surface area contributed by atoms with Gasteiger partial charge in [0.25, 0.3) is 0 Å². The van der Waals surface area contributed by atoms with Gasteiger partial charge >= 0.3 is 0 Å². The summed E-state index contributed by atoms with van der Waals surface area (Å²) in [6.07, 6.45) is 2.57. The summed E-state index contributed by atoms with van der Waals surface area (Å²) in [4.78, 5) is 74.2. The molecule has 1 aliphatic heterocycles. The average Bonchev–Trinajstić information content (AvgIpc) is 3.70. The molecule has 0 aromatic heterocycles. The molecular weight excluding hydrogens is 753 g/mol. The molecule has 1 aliphatic rings. The Morgan fingerprint density at radius 3 is 2.07 bits per heavy atom. The molecule has 0 aliphatic carbocycles. The molecule has 1 saturated heterocycles. The predicted octanol–water partition coefficient (Wildman–Crippen LogP) is 4.29. The molecule has 1 aromatic carbocycles. The van der Waals surface area contributed by atoms with Crippen LogP contribution in [0.4, 0.5) is 0 Å². The number of nitrogens with two attached hydrogens (primary N) is 1. The predicted molar refractivity (Wildman–Crippen MR) is 231 cm³/mol. The van der Waals surface area contributed by atoms with E-state index in [9.17, 15) is 29.1 Å². The van der Waals surface area contributed by atoms with E-state index in [1.54, 1.807) is 52.0 Å². The van der Waals surface area contributed by atoms with Crippen LogP contribution in [0, 0.1) is 23.7 Å². The number of methoxy groups -OCH3 is 2. The lowest BCUT2D eigenvalue weighted by molar-refractivity contribution is -0.148. The molecule has 10 atom stereocenters. The summed E-state index contributed by atoms with van der Waals surface area (Å²) in [6.45, 7) is 16.1. The zero-order valence-corrected chi connectivity index (χ0v) is 38.1. The molecule has 14 nitrogen and oxygen atoms in total. The zero-order valence-electron chi connectivity index (χ0n) is 38.1. The Balaban J connectivity index is 2.26. The van der Waals surface area contributed by atoms with Crippen LogP contribution in [-0.4, -0.2) is 133 Å². The van der Waals surface area contributed by atoms with Gasteiger partial charge in [0.2, 0.25) is 29.5 Å². The Morgan fingerprint density at radius 2 is 1.53 bits per heavy atom. The number of aliphatic hydroxyl groups excluding tert-OH is 1. The molecule has 0 spiro atoms. The normalized spacial score (nSPS) is 18.9. The number of hydrogen-bond donors (Lipinski definition) is 4. The lowest BCUT2D eigenvalue weighted by atomic mass is 9.89. The molecule has 5 amide bonds. The van der Waals surface area contributed by atoms with Crippen LogP contribution >= 0.6 is 0 Å². The van der Waals surface area contributed by atoms with E-state index in [0.717, 1.165) is 19.3 Å². The number of rotatable bonds is 25. The van der Waals surface area contributed by atoms with Crippen molar-refractivity contribution in [2.45, 2.75) is 155 Å². The Morgan fingerprint density at radius 1 is 0.881 bits per heavy atom. The van der Waals surface area contributed by atoms with Gasteiger partial charge < -0.3 is 45.6 Å². The molecule has 0 radical (unpaired) electrons. The molecule has 3 unspecified atom stereocenters. The standard InChI is InChI=1S/C45H78N6O8/c1-13-30(6)40(50(10)45(57)38(28(2)3)48-44(56)39(29(4)5)49(9)36(52)24-18-15-19-25-46)35(58-11)27-37(53)51-26-20-23-34(51)42(59-12)31(7)43(55)47-32(8)41(54)33-21-16-14-17-22-33/h14,16-17,21-22,28-32,34-35,38-42,54H,13,15,18-20,23-27,46H2,1-12H3,(H,47,55)(H,48,56)/t30-,31+,32+,34-,35?,38-,39?,40-,41+,42?/m0/s1. The van der Waals surface area contributed by atoms with E-state index in [2.05, 4.69) is 10.6 Å². The fourth-order valence-electron chi connectivity index (χ4n) is 8.51. The quantitative estimate of drug-likeness (QED) is 0.105. The third-order valence-electron chi connectivity index (χ3n) is 12.3. The second kappa shape index (κ2) is 25.2. The maximum absolute atomic E-state index is 14.5. The number of aliphatic hydroxyl groups is 1. The van der Waals surface area contributed by atoms with E-state index < -0.39 is 54.3 Å². The van der Waals surface area contributed by atoms with Crippen molar-refractivity contribution in [1.29, 1.82) is 0 Å². The number of likely N-dealkylation sites (N-methyl/N-ethyl adjacent to an activating group) is 2. The van der Waals surface area contributed by atoms with Crippen LogP contribution in [0.3, 0.4) is 0 Å². The first-order chi connectivity index (χ1) is 27.9. The van der Waals surface area contributed by atoms with Crippen LogP contribution in [0.2, 0.25) is 0 Å². The largest absolute Gasteiger partial charge is 0.386 e. The van der Waals surface area contributed by atoms with Crippen molar-refractivity contribution in [3.8, 4) is 0 Å². The summed E-state index contributed by atoms with van der Waals surface area (Å²) in [5.74, 6) is -2.47. The average molecular weight is 831 g/mol. The van der Waals surface area contributed by atoms with E-state index in [0.29, 0.717) is 44.3 Å². The number of carbonyl (C=O) groups is 5. The van der Waals surface area contributed by atoms with Crippen molar-refractivity contribution in [2.24, 2.45) is 29.4 Å². The number of benzene rings is 1. The van der Waals surface area contributed by atoms with Crippen LogP contribution in [0.25, 0.3) is 0 Å². The van der Waals surface area contributed by atoms with Gasteiger partial charge in [-0.25, -0.2) is 0 Å². The van der Waals surface area contributed by atoms with E-state index in [-0.39, 0.29) is 53.8 Å². The van der Waals surface area contributed by atoms with Crippen LogP contribution in [0.1, 0.15) is 118 Å². The van der Waals surface area contributed by atoms with Crippen molar-refractivity contribution in [3.05, 3.63) is 35.9 Å². The van der Waals surface area contributed by atoms with Crippen LogP contribution in [0.15, 0.2) is 30.3 Å². The topological polar surface area (TPSA) is 184 Å². The van der Waals surface area contributed by atoms with Gasteiger partial charge in [0.1, 0.15) is 12.1 Å². The fourth-order valence-corrected chi connectivity index (χ4v) is 8.51. The minimum Gasteiger partial charge on any atom is -0.386 e. The van der Waals surface area contributed by atoms with Crippen LogP contribution in [0.5, 0.6) is 0 Å². The first-order valence-corrected chi connectivity index (χ1v) is 21.8. The molecule has 0 saturated carbocycles. The summed E-state index contributed by atoms with van der Waals surface area (Å²) >= 11 is 0. The molecule has 2 rings (SSSR count). The van der Waals surface area contributed by atoms with Crippen molar-refractivity contribution in [2.75, 3.05) is 41.4 Å². The SMILES string of the molecule is CC[C@H](C)[C@@H](C(CC(=O)N1CCC[C@H]1C(OC)[C@@H](C)C(=O)N[C@H](C)[C@@H](O)c1ccccc1)OC)N(C)C(=O)[C@@H](NC(=O)C(C(C)C)N(C)C(=O)CCCCCN)C(C)C. The van der Waals surface area contributed by atoms with Crippen LogP contribution < -0.4 is 16.4 Å². The number of amides is 5. The van der Waals surface area contributed by atoms with Gasteiger partial charge in [-0.3, -0.25) is 24.0 Å². The molecule has 14 heteroatoms. The molecule has 59 heavy (non-hydrogen) atoms. The summed E-state index contributed by atoms with van der Waals surface area (Å²) in [6, 6.07) is 6.05. The number of likely N-dealkylation sites (tertiary alicyclic amines) is 1. The van der Waals surface area contributed by atoms with E-state index in [1.807, 2.05) is 71.9 Å². The highest BCUT2D eigenvalue weighted by Gasteiger charge is 2.43. The van der Waals surface area contributed by atoms with Gasteiger partial charge in [0.15, 0.2) is 0 Å². The van der Waals surface area contributed by atoms with Gasteiger partial charge in [-0.1, -0.05) is 91.6 Å². The third-order valence-corrected chi connectivity index (χ3v) is 12.3. The number of nitrogens with one attached hydrogen (secondary N) is 2. The molecule has 1 aromatic rings. The Hall–Kier alpha value is -3.59. The van der Waals surface area contributed by atoms with Gasteiger partial charge in [-0.15, -0.1) is 0 Å². The van der Waals surface area contributed by atoms with Crippen molar-refractivity contribution < 1.29 is 38.6 Å². The molecule has 5 N–H and O–H groups in total. The van der Waals surface area contributed by atoms with E-state index in [4.69, 9.17) is 15.2 Å². The first kappa shape index (κ1) is 51.6. The highest BCUT2D eigenvalue weighted by atomic mass is 16.5. The molecule has 0 bridgehead atoms. The summed E-state index contributed by atoms with van der Waals surface area (Å²) in [5.41, 5.74) is 6.31. The second-order valence-corrected chi connectivity index (χ2v) is 17.3. The number of carbonyl (C=O) groups excluding carboxylic acids is 5. The minimum absolute atomic E-state index is 0.0107. The molecule has 1 heterocycles. The lowest BCUT2D eigenvalue weighted by Gasteiger charge is -2.41. The summed E-state index contributed by atoms with van der Waals surface area (Å²) in [7, 11) is 6.42. The Kier molecular flexibility index (Phi) is 22.1. The van der Waals surface area contributed by atoms with E-state index in [1.165, 1.54) is 4.90 Å². The van der Waals surface area contributed by atoms with Crippen molar-refractivity contribution in [3.63, 3.8) is 0 Å². The third kappa shape index (κ3) is 14.3. The van der Waals surface area contributed by atoms with Crippen molar-refractivity contribution in [1.82, 2.24) is 25.3 Å². The fraction of sp³-hybridized carbons (Fsp3) is 0.756. The molecule has 336 valence electrons. The van der Waals surface area contributed by atoms with Gasteiger partial charge in [-0.2, -0.15) is 0 Å². The Labute approximate surface area is 354 Å². The highest BCUT2D eigenvalue weighted by molar-refractivity contribution is 5.92. The first-order valence-electron chi connectivity index (χ1n) is 21.8. The zero-order chi connectivity index (χ0) is 44.6. The maximum atomic E-state index is 14.5. The summed E-state index contributed by atoms with van der Waals surface area (Å²) < 4.78 is 12.0. The van der Waals surface area contributed by atoms with E-state index >= 15 is 0 Å². The highest BCUT2D eigenvalue weighted by Crippen LogP contribution is 2.30. The summed E-state index contributed by atoms with van der Waals surface area (Å²) in [5, 5.41) is 16.8. The molecular formula is C45H78N6O8. The minimum atomic E-state index is -0.893. The van der Waals surface area contributed by atoms with Crippen LogP contribution in [-0.2, 0) is 33.4 Å². The van der Waals surface area contributed by atoms with Gasteiger partial charge in [0.05, 0.1) is 48.8 Å². The van der Waals surface area contributed by atoms with Gasteiger partial charge in [0, 0.05) is 41.3 Å². The van der Waals surface area contributed by atoms with Crippen molar-refractivity contribution >= 4 is 29.5 Å². The maximum Gasteiger partial charge on any atom is 0.245 e. The number of nitrogens with zero attached hydrogens (tertiary/aromatic N) is 3.